The molecule has 0 aliphatic heterocycles. The molecule has 1 aromatic rings. The zero-order valence-electron chi connectivity index (χ0n) is 6.92. The van der Waals surface area contributed by atoms with E-state index in [2.05, 4.69) is 15.9 Å². The summed E-state index contributed by atoms with van der Waals surface area (Å²) in [4.78, 5) is 12.2. The molecule has 2 nitrogen and oxygen atoms in total. The SMILES string of the molecule is N#CCCCC(=O)c1ccc(Br)s1. The van der Waals surface area contributed by atoms with Gasteiger partial charge in [-0.1, -0.05) is 0 Å². The van der Waals surface area contributed by atoms with Gasteiger partial charge in [-0.25, -0.2) is 0 Å². The van der Waals surface area contributed by atoms with Crippen LogP contribution in [0.3, 0.4) is 0 Å². The van der Waals surface area contributed by atoms with Crippen molar-refractivity contribution in [2.45, 2.75) is 19.3 Å². The Balaban J connectivity index is 2.45. The van der Waals surface area contributed by atoms with Crippen LogP contribution < -0.4 is 0 Å². The molecule has 0 amide bonds. The second-order valence-corrected chi connectivity index (χ2v) is 5.00. The van der Waals surface area contributed by atoms with Gasteiger partial charge in [-0.2, -0.15) is 5.26 Å². The van der Waals surface area contributed by atoms with Gasteiger partial charge in [0, 0.05) is 12.8 Å². The first kappa shape index (κ1) is 10.4. The molecule has 4 heteroatoms. The molecule has 13 heavy (non-hydrogen) atoms. The molecule has 0 radical (unpaired) electrons. The van der Waals surface area contributed by atoms with Crippen molar-refractivity contribution in [2.75, 3.05) is 0 Å². The Morgan fingerprint density at radius 3 is 2.92 bits per heavy atom. The van der Waals surface area contributed by atoms with Crippen molar-refractivity contribution < 1.29 is 4.79 Å². The third-order valence-electron chi connectivity index (χ3n) is 1.54. The van der Waals surface area contributed by atoms with Crippen LogP contribution in [0.1, 0.15) is 28.9 Å². The van der Waals surface area contributed by atoms with Gasteiger partial charge in [0.05, 0.1) is 14.7 Å². The number of hydrogen-bond donors (Lipinski definition) is 0. The normalized spacial score (nSPS) is 9.54. The Labute approximate surface area is 89.3 Å². The van der Waals surface area contributed by atoms with Gasteiger partial charge >= 0.3 is 0 Å². The molecule has 1 rings (SSSR count). The minimum atomic E-state index is 0.131. The van der Waals surface area contributed by atoms with Crippen molar-refractivity contribution >= 4 is 33.0 Å². The Hall–Kier alpha value is -0.660. The quantitative estimate of drug-likeness (QED) is 0.613. The third kappa shape index (κ3) is 3.29. The van der Waals surface area contributed by atoms with E-state index in [-0.39, 0.29) is 5.78 Å². The van der Waals surface area contributed by atoms with Crippen molar-refractivity contribution in [1.82, 2.24) is 0 Å². The monoisotopic (exact) mass is 257 g/mol. The molecule has 0 bridgehead atoms. The minimum absolute atomic E-state index is 0.131. The summed E-state index contributed by atoms with van der Waals surface area (Å²) in [6.07, 6.45) is 1.59. The molecule has 0 saturated heterocycles. The van der Waals surface area contributed by atoms with Crippen LogP contribution in [0.5, 0.6) is 0 Å². The maximum atomic E-state index is 11.4. The van der Waals surface area contributed by atoms with Crippen molar-refractivity contribution in [1.29, 1.82) is 5.26 Å². The first-order chi connectivity index (χ1) is 6.24. The fourth-order valence-electron chi connectivity index (χ4n) is 0.915. The van der Waals surface area contributed by atoms with E-state index in [1.54, 1.807) is 0 Å². The zero-order chi connectivity index (χ0) is 9.68. The van der Waals surface area contributed by atoms with Crippen LogP contribution in [0.15, 0.2) is 15.9 Å². The van der Waals surface area contributed by atoms with Gasteiger partial charge in [-0.3, -0.25) is 4.79 Å². The molecule has 1 aromatic heterocycles. The van der Waals surface area contributed by atoms with Gasteiger partial charge in [-0.05, 0) is 34.5 Å². The van der Waals surface area contributed by atoms with Crippen molar-refractivity contribution in [3.8, 4) is 6.07 Å². The highest BCUT2D eigenvalue weighted by molar-refractivity contribution is 9.11. The van der Waals surface area contributed by atoms with Crippen LogP contribution in [0.4, 0.5) is 0 Å². The van der Waals surface area contributed by atoms with Gasteiger partial charge in [0.2, 0.25) is 0 Å². The van der Waals surface area contributed by atoms with Crippen LogP contribution in [0, 0.1) is 11.3 Å². The first-order valence-electron chi connectivity index (χ1n) is 3.89. The van der Waals surface area contributed by atoms with Crippen LogP contribution in [0.25, 0.3) is 0 Å². The number of thiophene rings is 1. The number of Topliss-reactive ketones (excluding diaryl/α,β-unsaturated/α-hetero) is 1. The van der Waals surface area contributed by atoms with Crippen LogP contribution >= 0.6 is 27.3 Å². The highest BCUT2D eigenvalue weighted by atomic mass is 79.9. The van der Waals surface area contributed by atoms with Crippen molar-refractivity contribution in [3.63, 3.8) is 0 Å². The van der Waals surface area contributed by atoms with E-state index < -0.39 is 0 Å². The van der Waals surface area contributed by atoms with Crippen LogP contribution in [0.2, 0.25) is 0 Å². The first-order valence-corrected chi connectivity index (χ1v) is 5.50. The number of carbonyl (C=O) groups is 1. The highest BCUT2D eigenvalue weighted by Gasteiger charge is 2.07. The summed E-state index contributed by atoms with van der Waals surface area (Å²) >= 11 is 4.73. The molecule has 0 atom stereocenters. The lowest BCUT2D eigenvalue weighted by molar-refractivity contribution is 0.0984. The minimum Gasteiger partial charge on any atom is -0.293 e. The lowest BCUT2D eigenvalue weighted by Gasteiger charge is -1.92. The Morgan fingerprint density at radius 2 is 2.38 bits per heavy atom. The number of halogens is 1. The van der Waals surface area contributed by atoms with Crippen molar-refractivity contribution in [2.24, 2.45) is 0 Å². The Morgan fingerprint density at radius 1 is 1.62 bits per heavy atom. The van der Waals surface area contributed by atoms with Gasteiger partial charge in [0.15, 0.2) is 5.78 Å². The molecular formula is C9H8BrNOS. The summed E-state index contributed by atoms with van der Waals surface area (Å²) in [6, 6.07) is 5.69. The van der Waals surface area contributed by atoms with Gasteiger partial charge < -0.3 is 0 Å². The smallest absolute Gasteiger partial charge is 0.172 e. The van der Waals surface area contributed by atoms with E-state index in [4.69, 9.17) is 5.26 Å². The number of nitriles is 1. The fourth-order valence-corrected chi connectivity index (χ4v) is 2.27. The molecule has 0 aliphatic carbocycles. The number of unbranched alkanes of at least 4 members (excludes halogenated alkanes) is 1. The number of hydrogen-bond acceptors (Lipinski definition) is 3. The van der Waals surface area contributed by atoms with Gasteiger partial charge in [-0.15, -0.1) is 11.3 Å². The molecule has 68 valence electrons. The Bertz CT molecular complexity index is 340. The van der Waals surface area contributed by atoms with E-state index in [0.717, 1.165) is 8.66 Å². The summed E-state index contributed by atoms with van der Waals surface area (Å²) in [5.41, 5.74) is 0. The number of nitrogens with zero attached hydrogens (tertiary/aromatic N) is 1. The molecule has 0 saturated carbocycles. The highest BCUT2D eigenvalue weighted by Crippen LogP contribution is 2.23. The molecule has 0 fully saturated rings. The van der Waals surface area contributed by atoms with E-state index in [9.17, 15) is 4.79 Å². The lowest BCUT2D eigenvalue weighted by Crippen LogP contribution is -1.94. The molecule has 0 aliphatic rings. The van der Waals surface area contributed by atoms with Crippen molar-refractivity contribution in [3.05, 3.63) is 20.8 Å². The number of rotatable bonds is 4. The maximum absolute atomic E-state index is 11.4. The summed E-state index contributed by atoms with van der Waals surface area (Å²) in [6.45, 7) is 0. The second kappa shape index (κ2) is 5.15. The molecule has 1 heterocycles. The molecule has 0 N–H and O–H groups in total. The predicted octanol–water partition coefficient (Wildman–Crippen LogP) is 3.39. The molecule has 0 unspecified atom stereocenters. The number of carbonyl (C=O) groups excluding carboxylic acids is 1. The summed E-state index contributed by atoms with van der Waals surface area (Å²) in [5.74, 6) is 0.131. The van der Waals surface area contributed by atoms with E-state index in [1.807, 2.05) is 18.2 Å². The standard InChI is InChI=1S/C9H8BrNOS/c10-9-5-4-8(13-9)7(12)3-1-2-6-11/h4-5H,1-3H2. The van der Waals surface area contributed by atoms with Crippen LogP contribution in [-0.4, -0.2) is 5.78 Å². The zero-order valence-corrected chi connectivity index (χ0v) is 9.32. The summed E-state index contributed by atoms with van der Waals surface area (Å²) in [7, 11) is 0. The predicted molar refractivity (Wildman–Crippen MR) is 55.8 cm³/mol. The van der Waals surface area contributed by atoms with E-state index >= 15 is 0 Å². The molecule has 0 aromatic carbocycles. The Kier molecular flexibility index (Phi) is 4.13. The lowest BCUT2D eigenvalue weighted by atomic mass is 10.1. The summed E-state index contributed by atoms with van der Waals surface area (Å²) < 4.78 is 0.969. The van der Waals surface area contributed by atoms with E-state index in [1.165, 1.54) is 11.3 Å². The fraction of sp³-hybridized carbons (Fsp3) is 0.333. The van der Waals surface area contributed by atoms with Gasteiger partial charge in [0.25, 0.3) is 0 Å². The van der Waals surface area contributed by atoms with Crippen LogP contribution in [-0.2, 0) is 0 Å². The molecule has 0 spiro atoms. The topological polar surface area (TPSA) is 40.9 Å². The largest absolute Gasteiger partial charge is 0.293 e. The summed E-state index contributed by atoms with van der Waals surface area (Å²) in [5, 5.41) is 8.29. The second-order valence-electron chi connectivity index (χ2n) is 2.54. The maximum Gasteiger partial charge on any atom is 0.172 e. The third-order valence-corrected chi connectivity index (χ3v) is 3.21. The average molecular weight is 258 g/mol. The average Bonchev–Trinajstić information content (AvgIpc) is 2.52. The number of ketones is 1. The van der Waals surface area contributed by atoms with E-state index in [0.29, 0.717) is 19.3 Å². The molecular weight excluding hydrogens is 250 g/mol. The van der Waals surface area contributed by atoms with Gasteiger partial charge in [0.1, 0.15) is 0 Å².